The minimum atomic E-state index is -3.93. The van der Waals surface area contributed by atoms with Gasteiger partial charge in [0.15, 0.2) is 0 Å². The van der Waals surface area contributed by atoms with Crippen molar-refractivity contribution in [2.24, 2.45) is 13.0 Å². The van der Waals surface area contributed by atoms with E-state index in [1.54, 1.807) is 27.8 Å². The van der Waals surface area contributed by atoms with Gasteiger partial charge in [0.1, 0.15) is 4.90 Å². The van der Waals surface area contributed by atoms with E-state index < -0.39 is 39.9 Å². The first-order chi connectivity index (χ1) is 12.0. The number of carboxylic acid groups (broad SMARTS) is 1. The molecule has 2 rings (SSSR count). The summed E-state index contributed by atoms with van der Waals surface area (Å²) in [5.74, 6) is -2.00. The van der Waals surface area contributed by atoms with Crippen LogP contribution in [0.4, 0.5) is 0 Å². The van der Waals surface area contributed by atoms with E-state index >= 15 is 0 Å². The molecule has 0 bridgehead atoms. The molecular formula is C16H26N4O5S. The first kappa shape index (κ1) is 20.4. The lowest BCUT2D eigenvalue weighted by atomic mass is 9.90. The van der Waals surface area contributed by atoms with Gasteiger partial charge in [-0.1, -0.05) is 0 Å². The Hall–Kier alpha value is -1.94. The highest BCUT2D eigenvalue weighted by Crippen LogP contribution is 2.25. The second kappa shape index (κ2) is 7.36. The minimum Gasteiger partial charge on any atom is -0.481 e. The van der Waals surface area contributed by atoms with E-state index in [0.717, 1.165) is 0 Å². The van der Waals surface area contributed by atoms with Gasteiger partial charge in [-0.15, -0.1) is 0 Å². The third kappa shape index (κ3) is 3.75. The molecule has 1 aromatic rings. The largest absolute Gasteiger partial charge is 0.481 e. The van der Waals surface area contributed by atoms with Gasteiger partial charge in [-0.25, -0.2) is 8.42 Å². The van der Waals surface area contributed by atoms with Crippen LogP contribution in [0, 0.1) is 19.8 Å². The van der Waals surface area contributed by atoms with Crippen LogP contribution in [-0.4, -0.2) is 58.7 Å². The zero-order valence-corrected chi connectivity index (χ0v) is 16.5. The molecule has 2 N–H and O–H groups in total. The SMILES string of the molecule is Cc1nn(C)c(C)c1S(=O)(=O)NC(C)C(=O)N1CCC[C@H](C(=O)O)[C@@H]1C. The fourth-order valence-corrected chi connectivity index (χ4v) is 5.15. The molecule has 1 fully saturated rings. The lowest BCUT2D eigenvalue weighted by Crippen LogP contribution is -2.55. The fourth-order valence-electron chi connectivity index (χ4n) is 3.52. The maximum Gasteiger partial charge on any atom is 0.308 e. The summed E-state index contributed by atoms with van der Waals surface area (Å²) in [4.78, 5) is 25.6. The first-order valence-electron chi connectivity index (χ1n) is 8.53. The molecule has 1 unspecified atom stereocenters. The third-order valence-electron chi connectivity index (χ3n) is 5.00. The van der Waals surface area contributed by atoms with Crippen LogP contribution in [-0.2, 0) is 26.7 Å². The number of aromatic nitrogens is 2. The van der Waals surface area contributed by atoms with Gasteiger partial charge < -0.3 is 10.0 Å². The Bertz CT molecular complexity index is 817. The van der Waals surface area contributed by atoms with Crippen LogP contribution in [0.3, 0.4) is 0 Å². The van der Waals surface area contributed by atoms with Crippen LogP contribution in [0.5, 0.6) is 0 Å². The molecule has 1 aliphatic rings. The zero-order valence-electron chi connectivity index (χ0n) is 15.7. The average molecular weight is 386 g/mol. The second-order valence-corrected chi connectivity index (χ2v) is 8.48. The number of aliphatic carboxylic acids is 1. The molecule has 1 aromatic heterocycles. The van der Waals surface area contributed by atoms with E-state index in [9.17, 15) is 23.1 Å². The molecule has 0 spiro atoms. The smallest absolute Gasteiger partial charge is 0.308 e. The highest BCUT2D eigenvalue weighted by molar-refractivity contribution is 7.89. The van der Waals surface area contributed by atoms with Gasteiger partial charge in [-0.3, -0.25) is 14.3 Å². The van der Waals surface area contributed by atoms with E-state index in [2.05, 4.69) is 9.82 Å². The van der Waals surface area contributed by atoms with Crippen molar-refractivity contribution in [3.05, 3.63) is 11.4 Å². The van der Waals surface area contributed by atoms with Crippen LogP contribution in [0.15, 0.2) is 4.90 Å². The van der Waals surface area contributed by atoms with Crippen LogP contribution >= 0.6 is 0 Å². The van der Waals surface area contributed by atoms with E-state index in [-0.39, 0.29) is 4.90 Å². The van der Waals surface area contributed by atoms with Gasteiger partial charge in [0.05, 0.1) is 23.3 Å². The third-order valence-corrected chi connectivity index (χ3v) is 6.79. The highest BCUT2D eigenvalue weighted by Gasteiger charge is 2.38. The highest BCUT2D eigenvalue weighted by atomic mass is 32.2. The van der Waals surface area contributed by atoms with Crippen LogP contribution in [0.1, 0.15) is 38.1 Å². The molecule has 26 heavy (non-hydrogen) atoms. The average Bonchev–Trinajstić information content (AvgIpc) is 2.79. The van der Waals surface area contributed by atoms with Crippen molar-refractivity contribution in [3.63, 3.8) is 0 Å². The number of rotatable bonds is 5. The van der Waals surface area contributed by atoms with Crippen molar-refractivity contribution >= 4 is 21.9 Å². The van der Waals surface area contributed by atoms with Crippen LogP contribution < -0.4 is 4.72 Å². The zero-order chi connectivity index (χ0) is 19.8. The number of likely N-dealkylation sites (tertiary alicyclic amines) is 1. The van der Waals surface area contributed by atoms with Gasteiger partial charge in [0, 0.05) is 19.6 Å². The molecule has 1 aliphatic heterocycles. The fraction of sp³-hybridized carbons (Fsp3) is 0.688. The van der Waals surface area contributed by atoms with E-state index in [1.807, 2.05) is 0 Å². The van der Waals surface area contributed by atoms with Gasteiger partial charge >= 0.3 is 5.97 Å². The molecule has 10 heteroatoms. The number of carbonyl (C=O) groups excluding carboxylic acids is 1. The van der Waals surface area contributed by atoms with E-state index in [1.165, 1.54) is 16.5 Å². The van der Waals surface area contributed by atoms with Crippen molar-refractivity contribution in [1.82, 2.24) is 19.4 Å². The summed E-state index contributed by atoms with van der Waals surface area (Å²) in [6.07, 6.45) is 1.09. The number of carbonyl (C=O) groups is 2. The predicted octanol–water partition coefficient (Wildman–Crippen LogP) is 0.415. The van der Waals surface area contributed by atoms with E-state index in [4.69, 9.17) is 0 Å². The number of aryl methyl sites for hydroxylation is 2. The molecule has 0 aromatic carbocycles. The van der Waals surface area contributed by atoms with Crippen LogP contribution in [0.2, 0.25) is 0 Å². The Morgan fingerprint density at radius 2 is 1.96 bits per heavy atom. The lowest BCUT2D eigenvalue weighted by Gasteiger charge is -2.38. The number of sulfonamides is 1. The van der Waals surface area contributed by atoms with Gasteiger partial charge in [-0.05, 0) is 40.5 Å². The minimum absolute atomic E-state index is 0.0646. The molecule has 0 radical (unpaired) electrons. The maximum atomic E-state index is 12.7. The summed E-state index contributed by atoms with van der Waals surface area (Å²) in [7, 11) is -2.28. The summed E-state index contributed by atoms with van der Waals surface area (Å²) in [6, 6.07) is -1.49. The van der Waals surface area contributed by atoms with Crippen molar-refractivity contribution in [3.8, 4) is 0 Å². The summed E-state index contributed by atoms with van der Waals surface area (Å²) >= 11 is 0. The van der Waals surface area contributed by atoms with Gasteiger partial charge in [0.25, 0.3) is 0 Å². The van der Waals surface area contributed by atoms with Gasteiger partial charge in [-0.2, -0.15) is 9.82 Å². The quantitative estimate of drug-likeness (QED) is 0.756. The Morgan fingerprint density at radius 3 is 2.46 bits per heavy atom. The number of piperidine rings is 1. The van der Waals surface area contributed by atoms with Crippen molar-refractivity contribution < 1.29 is 23.1 Å². The number of amides is 1. The Balaban J connectivity index is 2.19. The monoisotopic (exact) mass is 386 g/mol. The number of carboxylic acids is 1. The normalized spacial score (nSPS) is 22.3. The molecule has 146 valence electrons. The topological polar surface area (TPSA) is 122 Å². The summed E-state index contributed by atoms with van der Waals surface area (Å²) < 4.78 is 29.3. The second-order valence-electron chi connectivity index (χ2n) is 6.83. The molecule has 0 saturated carbocycles. The number of hydrogen-bond acceptors (Lipinski definition) is 5. The van der Waals surface area contributed by atoms with Crippen molar-refractivity contribution in [2.75, 3.05) is 6.54 Å². The number of hydrogen-bond donors (Lipinski definition) is 2. The number of nitrogens with one attached hydrogen (secondary N) is 1. The molecule has 0 aliphatic carbocycles. The summed E-state index contributed by atoms with van der Waals surface area (Å²) in [5, 5.41) is 13.4. The lowest BCUT2D eigenvalue weighted by molar-refractivity contribution is -0.149. The summed E-state index contributed by atoms with van der Waals surface area (Å²) in [5.41, 5.74) is 0.835. The molecule has 2 heterocycles. The first-order valence-corrected chi connectivity index (χ1v) is 10.0. The predicted molar refractivity (Wildman–Crippen MR) is 94.0 cm³/mol. The van der Waals surface area contributed by atoms with E-state index in [0.29, 0.717) is 30.8 Å². The molecule has 3 atom stereocenters. The van der Waals surface area contributed by atoms with Gasteiger partial charge in [0.2, 0.25) is 15.9 Å². The Labute approximate surface area is 153 Å². The number of nitrogens with zero attached hydrogens (tertiary/aromatic N) is 3. The van der Waals surface area contributed by atoms with Crippen LogP contribution in [0.25, 0.3) is 0 Å². The Morgan fingerprint density at radius 1 is 1.35 bits per heavy atom. The summed E-state index contributed by atoms with van der Waals surface area (Å²) in [6.45, 7) is 6.81. The molecular weight excluding hydrogens is 360 g/mol. The standard InChI is InChI=1S/C16H26N4O5S/c1-9-14(12(4)19(5)17-9)26(24,25)18-10(2)15(21)20-8-6-7-13(11(20)3)16(22)23/h10-11,13,18H,6-8H2,1-5H3,(H,22,23)/t10?,11-,13-/m0/s1. The molecule has 1 saturated heterocycles. The van der Waals surface area contributed by atoms with Crippen molar-refractivity contribution in [1.29, 1.82) is 0 Å². The molecule has 9 nitrogen and oxygen atoms in total. The van der Waals surface area contributed by atoms with Crippen molar-refractivity contribution in [2.45, 2.75) is 57.5 Å². The Kier molecular flexibility index (Phi) is 5.76. The maximum absolute atomic E-state index is 12.7. The molecule has 1 amide bonds.